The number of hydrogen-bond acceptors (Lipinski definition) is 4. The normalized spacial score (nSPS) is 15.9. The van der Waals surface area contributed by atoms with Crippen LogP contribution in [0.2, 0.25) is 0 Å². The lowest BCUT2D eigenvalue weighted by molar-refractivity contribution is -0.109. The molecule has 1 aromatic carbocycles. The average molecular weight is 480 g/mol. The Morgan fingerprint density at radius 3 is 2.75 bits per heavy atom. The van der Waals surface area contributed by atoms with E-state index in [2.05, 4.69) is 15.3 Å². The fourth-order valence-corrected chi connectivity index (χ4v) is 4.13. The number of nitrogens with two attached hydrogens (primary N) is 1. The van der Waals surface area contributed by atoms with Crippen LogP contribution >= 0.6 is 23.2 Å². The number of aromatic nitrogens is 2. The minimum absolute atomic E-state index is 0.360. The molecular formula is C22H24Cl2FN5O2. The van der Waals surface area contributed by atoms with Crippen LogP contribution in [-0.4, -0.2) is 47.1 Å². The topological polar surface area (TPSA) is 93.2 Å². The summed E-state index contributed by atoms with van der Waals surface area (Å²) in [5.74, 6) is -0.887. The van der Waals surface area contributed by atoms with Crippen molar-refractivity contribution in [1.82, 2.24) is 20.0 Å². The molecule has 1 aliphatic carbocycles. The highest BCUT2D eigenvalue weighted by molar-refractivity contribution is 6.35. The average Bonchev–Trinajstić information content (AvgIpc) is 3.12. The molecule has 4 rings (SSSR count). The molecule has 2 amide bonds. The molecule has 1 aliphatic heterocycles. The van der Waals surface area contributed by atoms with Crippen LogP contribution in [0.5, 0.6) is 0 Å². The van der Waals surface area contributed by atoms with Crippen LogP contribution in [0.4, 0.5) is 4.39 Å². The molecule has 1 aromatic heterocycles. The van der Waals surface area contributed by atoms with Gasteiger partial charge in [-0.2, -0.15) is 5.10 Å². The summed E-state index contributed by atoms with van der Waals surface area (Å²) in [5, 5.41) is 8.43. The number of primary amides is 1. The molecule has 0 unspecified atom stereocenters. The molecule has 2 heterocycles. The van der Waals surface area contributed by atoms with E-state index in [0.717, 1.165) is 35.7 Å². The summed E-state index contributed by atoms with van der Waals surface area (Å²) in [7, 11) is 1.98. The third kappa shape index (κ3) is 5.76. The molecule has 2 aromatic rings. The predicted molar refractivity (Wildman–Crippen MR) is 123 cm³/mol. The van der Waals surface area contributed by atoms with Gasteiger partial charge in [-0.25, -0.2) is 4.39 Å². The zero-order chi connectivity index (χ0) is 23.3. The second-order valence-corrected chi connectivity index (χ2v) is 8.44. The number of nitrogens with one attached hydrogen (secondary N) is 1. The molecule has 0 radical (unpaired) electrons. The highest BCUT2D eigenvalue weighted by Gasteiger charge is 2.26. The third-order valence-electron chi connectivity index (χ3n) is 5.20. The highest BCUT2D eigenvalue weighted by Crippen LogP contribution is 2.29. The Bertz CT molecular complexity index is 1080. The molecule has 0 atom stereocenters. The Morgan fingerprint density at radius 2 is 2.09 bits per heavy atom. The zero-order valence-corrected chi connectivity index (χ0v) is 19.1. The Kier molecular flexibility index (Phi) is 8.06. The van der Waals surface area contributed by atoms with Crippen molar-refractivity contribution in [3.63, 3.8) is 0 Å². The molecule has 0 spiro atoms. The number of benzene rings is 1. The van der Waals surface area contributed by atoms with Crippen molar-refractivity contribution in [2.24, 2.45) is 5.73 Å². The van der Waals surface area contributed by atoms with E-state index >= 15 is 0 Å². The van der Waals surface area contributed by atoms with Crippen molar-refractivity contribution in [3.05, 3.63) is 63.1 Å². The molecule has 3 N–H and O–H groups in total. The van der Waals surface area contributed by atoms with E-state index in [9.17, 15) is 14.0 Å². The molecule has 0 bridgehead atoms. The van der Waals surface area contributed by atoms with Crippen molar-refractivity contribution >= 4 is 35.5 Å². The number of nitrogens with zero attached hydrogens (tertiary/aromatic N) is 3. The van der Waals surface area contributed by atoms with Gasteiger partial charge in [-0.3, -0.25) is 19.2 Å². The van der Waals surface area contributed by atoms with E-state index in [1.807, 2.05) is 7.05 Å². The first kappa shape index (κ1) is 24.0. The van der Waals surface area contributed by atoms with E-state index in [0.29, 0.717) is 47.9 Å². The van der Waals surface area contributed by atoms with E-state index in [-0.39, 0.29) is 5.82 Å². The SMILES string of the molecule is CN1CCn2nc(-c3cccc(F)c3)c(C(N)=O)c2C1.O=CNCC1=C(Cl)C=C(Cl)CC1. The molecule has 10 heteroatoms. The van der Waals surface area contributed by atoms with Gasteiger partial charge in [0.2, 0.25) is 6.41 Å². The van der Waals surface area contributed by atoms with Crippen LogP contribution in [-0.2, 0) is 17.9 Å². The third-order valence-corrected chi connectivity index (χ3v) is 5.88. The first-order valence-corrected chi connectivity index (χ1v) is 10.8. The van der Waals surface area contributed by atoms with E-state index in [4.69, 9.17) is 28.9 Å². The van der Waals surface area contributed by atoms with E-state index in [1.165, 1.54) is 12.1 Å². The monoisotopic (exact) mass is 479 g/mol. The van der Waals surface area contributed by atoms with Gasteiger partial charge in [0.05, 0.1) is 17.8 Å². The van der Waals surface area contributed by atoms with Gasteiger partial charge in [0.25, 0.3) is 5.91 Å². The number of likely N-dealkylation sites (N-methyl/N-ethyl adjacent to an activating group) is 1. The Labute approximate surface area is 195 Å². The summed E-state index contributed by atoms with van der Waals surface area (Å²) in [4.78, 5) is 23.9. The van der Waals surface area contributed by atoms with E-state index < -0.39 is 5.91 Å². The van der Waals surface area contributed by atoms with Crippen LogP contribution in [0.3, 0.4) is 0 Å². The Morgan fingerprint density at radius 1 is 1.31 bits per heavy atom. The van der Waals surface area contributed by atoms with Crippen LogP contribution in [0.1, 0.15) is 28.9 Å². The maximum absolute atomic E-state index is 13.4. The van der Waals surface area contributed by atoms with Gasteiger partial charge in [-0.05, 0) is 43.7 Å². The van der Waals surface area contributed by atoms with Gasteiger partial charge in [0.15, 0.2) is 0 Å². The fourth-order valence-electron chi connectivity index (χ4n) is 3.58. The van der Waals surface area contributed by atoms with Gasteiger partial charge < -0.3 is 11.1 Å². The van der Waals surface area contributed by atoms with Crippen LogP contribution in [0.25, 0.3) is 11.3 Å². The second-order valence-electron chi connectivity index (χ2n) is 7.55. The van der Waals surface area contributed by atoms with Gasteiger partial charge in [-0.15, -0.1) is 0 Å². The summed E-state index contributed by atoms with van der Waals surface area (Å²) in [6, 6.07) is 6.05. The lowest BCUT2D eigenvalue weighted by atomic mass is 10.0. The zero-order valence-electron chi connectivity index (χ0n) is 17.6. The maximum atomic E-state index is 13.4. The van der Waals surface area contributed by atoms with Crippen molar-refractivity contribution < 1.29 is 14.0 Å². The quantitative estimate of drug-likeness (QED) is 0.642. The van der Waals surface area contributed by atoms with Crippen molar-refractivity contribution in [1.29, 1.82) is 0 Å². The lowest BCUT2D eigenvalue weighted by Gasteiger charge is -2.23. The molecule has 7 nitrogen and oxygen atoms in total. The van der Waals surface area contributed by atoms with Gasteiger partial charge in [0, 0.05) is 35.3 Å². The predicted octanol–water partition coefficient (Wildman–Crippen LogP) is 3.38. The molecule has 2 aliphatic rings. The van der Waals surface area contributed by atoms with Crippen molar-refractivity contribution in [2.75, 3.05) is 20.1 Å². The molecule has 0 saturated carbocycles. The summed E-state index contributed by atoms with van der Waals surface area (Å²) < 4.78 is 15.2. The Hall–Kier alpha value is -2.68. The van der Waals surface area contributed by atoms with Gasteiger partial charge in [0.1, 0.15) is 11.5 Å². The fraction of sp³-hybridized carbons (Fsp3) is 0.318. The van der Waals surface area contributed by atoms with Crippen molar-refractivity contribution in [2.45, 2.75) is 25.9 Å². The molecule has 0 saturated heterocycles. The molecule has 32 heavy (non-hydrogen) atoms. The number of rotatable bonds is 5. The smallest absolute Gasteiger partial charge is 0.252 e. The summed E-state index contributed by atoms with van der Waals surface area (Å²) in [6.45, 7) is 2.68. The highest BCUT2D eigenvalue weighted by atomic mass is 35.5. The minimum Gasteiger partial charge on any atom is -0.365 e. The summed E-state index contributed by atoms with van der Waals surface area (Å²) in [6.07, 6.45) is 4.04. The molecule has 170 valence electrons. The minimum atomic E-state index is -0.527. The summed E-state index contributed by atoms with van der Waals surface area (Å²) >= 11 is 11.6. The first-order valence-electron chi connectivity index (χ1n) is 10.0. The summed E-state index contributed by atoms with van der Waals surface area (Å²) in [5.41, 5.74) is 8.76. The number of amides is 2. The van der Waals surface area contributed by atoms with Crippen LogP contribution < -0.4 is 11.1 Å². The molecular weight excluding hydrogens is 456 g/mol. The van der Waals surface area contributed by atoms with Crippen LogP contribution in [0.15, 0.2) is 46.0 Å². The van der Waals surface area contributed by atoms with Gasteiger partial charge in [-0.1, -0.05) is 35.3 Å². The maximum Gasteiger partial charge on any atom is 0.252 e. The van der Waals surface area contributed by atoms with Crippen molar-refractivity contribution in [3.8, 4) is 11.3 Å². The number of allylic oxidation sites excluding steroid dienone is 3. The number of fused-ring (bicyclic) bond motifs is 1. The Balaban J connectivity index is 0.000000207. The molecule has 0 fully saturated rings. The van der Waals surface area contributed by atoms with Gasteiger partial charge >= 0.3 is 0 Å². The van der Waals surface area contributed by atoms with Crippen LogP contribution in [0, 0.1) is 5.82 Å². The van der Waals surface area contributed by atoms with E-state index in [1.54, 1.807) is 22.9 Å². The first-order chi connectivity index (χ1) is 15.3. The standard InChI is InChI=1S/C14H15FN4O.C8H9Cl2NO/c1-18-5-6-19-11(8-18)12(14(16)20)13(17-19)9-3-2-4-10(15)7-9;9-7-2-1-6(4-11-5-12)8(10)3-7/h2-4,7H,5-6,8H2,1H3,(H2,16,20);3,5H,1-2,4H2,(H,11,12). The second kappa shape index (κ2) is 10.8. The largest absolute Gasteiger partial charge is 0.365 e. The number of carbonyl (C=O) groups excluding carboxylic acids is 2. The lowest BCUT2D eigenvalue weighted by Crippen LogP contribution is -2.32. The number of hydrogen-bond donors (Lipinski definition) is 2. The number of halogens is 3. The number of carbonyl (C=O) groups is 2.